The zero-order chi connectivity index (χ0) is 16.5. The summed E-state index contributed by atoms with van der Waals surface area (Å²) in [6, 6.07) is 7.73. The Labute approximate surface area is 141 Å². The van der Waals surface area contributed by atoms with Gasteiger partial charge in [-0.05, 0) is 25.0 Å². The molecule has 5 heteroatoms. The van der Waals surface area contributed by atoms with Crippen LogP contribution in [-0.2, 0) is 6.42 Å². The van der Waals surface area contributed by atoms with Gasteiger partial charge in [0.25, 0.3) is 5.91 Å². The molecule has 2 aliphatic heterocycles. The van der Waals surface area contributed by atoms with Gasteiger partial charge in [0.05, 0.1) is 17.9 Å². The van der Waals surface area contributed by atoms with Crippen LogP contribution >= 0.6 is 0 Å². The highest BCUT2D eigenvalue weighted by atomic mass is 16.6. The maximum atomic E-state index is 13.0. The third-order valence-corrected chi connectivity index (χ3v) is 4.77. The summed E-state index contributed by atoms with van der Waals surface area (Å²) in [5.41, 5.74) is 1.71. The fourth-order valence-corrected chi connectivity index (χ4v) is 3.65. The van der Waals surface area contributed by atoms with E-state index in [0.717, 1.165) is 42.2 Å². The van der Waals surface area contributed by atoms with Gasteiger partial charge < -0.3 is 18.8 Å². The highest BCUT2D eigenvalue weighted by molar-refractivity contribution is 5.95. The zero-order valence-electron chi connectivity index (χ0n) is 13.8. The van der Waals surface area contributed by atoms with E-state index in [2.05, 4.69) is 0 Å². The number of likely N-dealkylation sites (tertiary alicyclic amines) is 1. The third kappa shape index (κ3) is 2.44. The molecule has 1 unspecified atom stereocenters. The normalized spacial score (nSPS) is 19.5. The van der Waals surface area contributed by atoms with Gasteiger partial charge in [-0.1, -0.05) is 19.1 Å². The average molecular weight is 327 g/mol. The predicted molar refractivity (Wildman–Crippen MR) is 88.5 cm³/mol. The van der Waals surface area contributed by atoms with Crippen LogP contribution in [0.15, 0.2) is 34.9 Å². The SMILES string of the molecule is CCc1occc1C(=O)N1CCCC1c1cccc2c1OCCO2. The molecule has 0 aliphatic carbocycles. The number of nitrogens with zero attached hydrogens (tertiary/aromatic N) is 1. The molecule has 5 nitrogen and oxygen atoms in total. The molecule has 1 amide bonds. The fourth-order valence-electron chi connectivity index (χ4n) is 3.65. The van der Waals surface area contributed by atoms with E-state index in [1.165, 1.54) is 0 Å². The summed E-state index contributed by atoms with van der Waals surface area (Å²) in [6.45, 7) is 3.86. The number of carbonyl (C=O) groups excluding carboxylic acids is 1. The lowest BCUT2D eigenvalue weighted by Crippen LogP contribution is -2.31. The number of ether oxygens (including phenoxy) is 2. The predicted octanol–water partition coefficient (Wildman–Crippen LogP) is 3.59. The second kappa shape index (κ2) is 6.23. The van der Waals surface area contributed by atoms with Gasteiger partial charge in [-0.25, -0.2) is 0 Å². The number of hydrogen-bond donors (Lipinski definition) is 0. The number of aryl methyl sites for hydroxylation is 1. The number of carbonyl (C=O) groups is 1. The number of amides is 1. The zero-order valence-corrected chi connectivity index (χ0v) is 13.8. The van der Waals surface area contributed by atoms with Crippen molar-refractivity contribution in [3.63, 3.8) is 0 Å². The van der Waals surface area contributed by atoms with Crippen molar-refractivity contribution in [1.29, 1.82) is 0 Å². The van der Waals surface area contributed by atoms with Crippen molar-refractivity contribution in [3.8, 4) is 11.5 Å². The highest BCUT2D eigenvalue weighted by Crippen LogP contribution is 2.43. The molecule has 0 saturated carbocycles. The van der Waals surface area contributed by atoms with Gasteiger partial charge in [0.15, 0.2) is 11.5 Å². The van der Waals surface area contributed by atoms with E-state index in [-0.39, 0.29) is 11.9 Å². The number of para-hydroxylation sites is 1. The number of furan rings is 1. The minimum atomic E-state index is 0.0220. The van der Waals surface area contributed by atoms with Crippen LogP contribution in [0.3, 0.4) is 0 Å². The quantitative estimate of drug-likeness (QED) is 0.864. The molecule has 2 aliphatic rings. The van der Waals surface area contributed by atoms with Crippen LogP contribution in [0.1, 0.15) is 47.5 Å². The van der Waals surface area contributed by atoms with Crippen molar-refractivity contribution in [2.24, 2.45) is 0 Å². The summed E-state index contributed by atoms with van der Waals surface area (Å²) in [5.74, 6) is 2.35. The molecule has 1 fully saturated rings. The molecule has 0 bridgehead atoms. The first-order valence-electron chi connectivity index (χ1n) is 8.55. The van der Waals surface area contributed by atoms with Gasteiger partial charge in [0, 0.05) is 18.5 Å². The number of hydrogen-bond acceptors (Lipinski definition) is 4. The lowest BCUT2D eigenvalue weighted by molar-refractivity contribution is 0.0728. The first-order chi connectivity index (χ1) is 11.8. The molecule has 0 N–H and O–H groups in total. The molecule has 0 spiro atoms. The molecule has 4 rings (SSSR count). The van der Waals surface area contributed by atoms with E-state index in [1.807, 2.05) is 30.0 Å². The standard InChI is InChI=1S/C19H21NO4/c1-2-16-14(8-10-22-16)19(21)20-9-4-6-15(20)13-5-3-7-17-18(13)24-12-11-23-17/h3,5,7-8,10,15H,2,4,6,9,11-12H2,1H3. The summed E-state index contributed by atoms with van der Waals surface area (Å²) < 4.78 is 17.0. The van der Waals surface area contributed by atoms with Crippen molar-refractivity contribution in [2.75, 3.05) is 19.8 Å². The summed E-state index contributed by atoms with van der Waals surface area (Å²) in [7, 11) is 0. The Morgan fingerprint density at radius 1 is 1.25 bits per heavy atom. The van der Waals surface area contributed by atoms with E-state index >= 15 is 0 Å². The Bertz CT molecular complexity index is 752. The molecule has 1 saturated heterocycles. The van der Waals surface area contributed by atoms with Crippen molar-refractivity contribution >= 4 is 5.91 Å². The molecular weight excluding hydrogens is 306 g/mol. The fraction of sp³-hybridized carbons (Fsp3) is 0.421. The lowest BCUT2D eigenvalue weighted by atomic mass is 10.0. The molecular formula is C19H21NO4. The second-order valence-corrected chi connectivity index (χ2v) is 6.14. The molecule has 2 aromatic rings. The Morgan fingerprint density at radius 3 is 3.00 bits per heavy atom. The Kier molecular flexibility index (Phi) is 3.92. The van der Waals surface area contributed by atoms with Crippen molar-refractivity contribution in [2.45, 2.75) is 32.2 Å². The molecule has 1 aromatic heterocycles. The van der Waals surface area contributed by atoms with Crippen molar-refractivity contribution in [1.82, 2.24) is 4.90 Å². The van der Waals surface area contributed by atoms with Crippen LogP contribution in [-0.4, -0.2) is 30.6 Å². The van der Waals surface area contributed by atoms with Gasteiger partial charge >= 0.3 is 0 Å². The Morgan fingerprint density at radius 2 is 2.12 bits per heavy atom. The van der Waals surface area contributed by atoms with Crippen LogP contribution in [0.4, 0.5) is 0 Å². The summed E-state index contributed by atoms with van der Waals surface area (Å²) in [5, 5.41) is 0. The van der Waals surface area contributed by atoms with E-state index in [0.29, 0.717) is 25.2 Å². The van der Waals surface area contributed by atoms with Crippen LogP contribution in [0, 0.1) is 0 Å². The van der Waals surface area contributed by atoms with Crippen molar-refractivity contribution < 1.29 is 18.7 Å². The topological polar surface area (TPSA) is 51.9 Å². The summed E-state index contributed by atoms with van der Waals surface area (Å²) >= 11 is 0. The third-order valence-electron chi connectivity index (χ3n) is 4.77. The van der Waals surface area contributed by atoms with E-state index in [9.17, 15) is 4.79 Å². The second-order valence-electron chi connectivity index (χ2n) is 6.14. The minimum absolute atomic E-state index is 0.0220. The maximum absolute atomic E-state index is 13.0. The van der Waals surface area contributed by atoms with Crippen LogP contribution in [0.2, 0.25) is 0 Å². The Balaban J connectivity index is 1.68. The number of rotatable bonds is 3. The number of benzene rings is 1. The maximum Gasteiger partial charge on any atom is 0.257 e. The smallest absolute Gasteiger partial charge is 0.257 e. The molecule has 1 aromatic carbocycles. The molecule has 3 heterocycles. The van der Waals surface area contributed by atoms with Gasteiger partial charge in [0.1, 0.15) is 19.0 Å². The van der Waals surface area contributed by atoms with E-state index in [4.69, 9.17) is 13.9 Å². The summed E-state index contributed by atoms with van der Waals surface area (Å²) in [6.07, 6.45) is 4.23. The highest BCUT2D eigenvalue weighted by Gasteiger charge is 2.35. The Hall–Kier alpha value is -2.43. The van der Waals surface area contributed by atoms with Crippen LogP contribution < -0.4 is 9.47 Å². The van der Waals surface area contributed by atoms with Gasteiger partial charge in [-0.3, -0.25) is 4.79 Å². The first kappa shape index (κ1) is 15.1. The monoisotopic (exact) mass is 327 g/mol. The molecule has 1 atom stereocenters. The molecule has 24 heavy (non-hydrogen) atoms. The average Bonchev–Trinajstić information content (AvgIpc) is 3.29. The minimum Gasteiger partial charge on any atom is -0.486 e. The lowest BCUT2D eigenvalue weighted by Gasteiger charge is -2.29. The molecule has 0 radical (unpaired) electrons. The van der Waals surface area contributed by atoms with Crippen LogP contribution in [0.5, 0.6) is 11.5 Å². The molecule has 126 valence electrons. The van der Waals surface area contributed by atoms with Crippen molar-refractivity contribution in [3.05, 3.63) is 47.4 Å². The first-order valence-corrected chi connectivity index (χ1v) is 8.55. The van der Waals surface area contributed by atoms with Gasteiger partial charge in [0.2, 0.25) is 0 Å². The van der Waals surface area contributed by atoms with Gasteiger partial charge in [-0.15, -0.1) is 0 Å². The number of fused-ring (bicyclic) bond motifs is 1. The largest absolute Gasteiger partial charge is 0.486 e. The summed E-state index contributed by atoms with van der Waals surface area (Å²) in [4.78, 5) is 15.0. The van der Waals surface area contributed by atoms with E-state index in [1.54, 1.807) is 12.3 Å². The van der Waals surface area contributed by atoms with E-state index < -0.39 is 0 Å². The van der Waals surface area contributed by atoms with Crippen LogP contribution in [0.25, 0.3) is 0 Å². The van der Waals surface area contributed by atoms with Gasteiger partial charge in [-0.2, -0.15) is 0 Å².